The molecule has 1 aromatic carbocycles. The van der Waals surface area contributed by atoms with E-state index in [1.807, 2.05) is 0 Å². The fraction of sp³-hybridized carbons (Fsp3) is 0.0833. The van der Waals surface area contributed by atoms with E-state index in [1.54, 1.807) is 0 Å². The van der Waals surface area contributed by atoms with E-state index in [0.717, 1.165) is 0 Å². The molecule has 0 aliphatic rings. The molecule has 1 heterocycles. The van der Waals surface area contributed by atoms with Crippen LogP contribution in [0.2, 0.25) is 5.15 Å². The molecule has 0 bridgehead atoms. The summed E-state index contributed by atoms with van der Waals surface area (Å²) >= 11 is 5.74. The number of halogens is 1. The van der Waals surface area contributed by atoms with Crippen molar-refractivity contribution in [1.82, 2.24) is 9.97 Å². The third-order valence-corrected chi connectivity index (χ3v) is 2.55. The smallest absolute Gasteiger partial charge is 0.265 e. The van der Waals surface area contributed by atoms with E-state index in [-0.39, 0.29) is 34.0 Å². The first-order chi connectivity index (χ1) is 9.51. The average molecular weight is 296 g/mol. The Labute approximate surface area is 118 Å². The summed E-state index contributed by atoms with van der Waals surface area (Å²) in [5, 5.41) is 21.6. The topological polar surface area (TPSA) is 105 Å². The molecule has 7 nitrogen and oxygen atoms in total. The minimum absolute atomic E-state index is 0.0775. The van der Waals surface area contributed by atoms with Crippen molar-refractivity contribution in [2.24, 2.45) is 0 Å². The first kappa shape index (κ1) is 13.9. The lowest BCUT2D eigenvalue weighted by Gasteiger charge is -2.08. The molecule has 0 unspecified atom stereocenters. The van der Waals surface area contributed by atoms with Gasteiger partial charge in [0.2, 0.25) is 11.8 Å². The average Bonchev–Trinajstić information content (AvgIpc) is 2.37. The number of carbonyl (C=O) groups excluding carboxylic acids is 1. The van der Waals surface area contributed by atoms with Crippen molar-refractivity contribution < 1.29 is 19.7 Å². The van der Waals surface area contributed by atoms with Crippen molar-refractivity contribution in [2.45, 2.75) is 0 Å². The molecule has 0 spiro atoms. The highest BCUT2D eigenvalue weighted by Gasteiger charge is 2.17. The minimum Gasteiger partial charge on any atom is -0.507 e. The second-order valence-electron chi connectivity index (χ2n) is 3.68. The van der Waals surface area contributed by atoms with Crippen LogP contribution in [0.25, 0.3) is 0 Å². The Morgan fingerprint density at radius 3 is 2.55 bits per heavy atom. The van der Waals surface area contributed by atoms with Crippen molar-refractivity contribution in [3.05, 3.63) is 35.0 Å². The van der Waals surface area contributed by atoms with E-state index in [1.165, 1.54) is 31.4 Å². The molecule has 3 N–H and O–H groups in total. The molecule has 0 saturated heterocycles. The number of aromatic hydroxyl groups is 2. The van der Waals surface area contributed by atoms with E-state index in [0.29, 0.717) is 0 Å². The molecule has 1 amide bonds. The minimum atomic E-state index is -0.773. The Balaban J connectivity index is 2.30. The van der Waals surface area contributed by atoms with E-state index < -0.39 is 5.91 Å². The summed E-state index contributed by atoms with van der Waals surface area (Å²) in [4.78, 5) is 19.6. The largest absolute Gasteiger partial charge is 0.507 e. The summed E-state index contributed by atoms with van der Waals surface area (Å²) in [5.74, 6) is -1.44. The number of nitrogens with zero attached hydrogens (tertiary/aromatic N) is 2. The summed E-state index contributed by atoms with van der Waals surface area (Å²) in [5.41, 5.74) is -0.282. The monoisotopic (exact) mass is 295 g/mol. The number of amides is 1. The Morgan fingerprint density at radius 2 is 1.95 bits per heavy atom. The van der Waals surface area contributed by atoms with Crippen LogP contribution in [-0.4, -0.2) is 33.2 Å². The van der Waals surface area contributed by atoms with Gasteiger partial charge in [0.1, 0.15) is 22.2 Å². The van der Waals surface area contributed by atoms with Crippen LogP contribution in [0, 0.1) is 0 Å². The second kappa shape index (κ2) is 5.62. The first-order valence-corrected chi connectivity index (χ1v) is 5.80. The lowest BCUT2D eigenvalue weighted by molar-refractivity contribution is 0.102. The van der Waals surface area contributed by atoms with Gasteiger partial charge in [-0.15, -0.1) is 0 Å². The number of phenolic OH excluding ortho intramolecular Hbond substituents is 2. The van der Waals surface area contributed by atoms with Crippen LogP contribution in [0.3, 0.4) is 0 Å². The number of benzene rings is 1. The van der Waals surface area contributed by atoms with E-state index in [4.69, 9.17) is 16.3 Å². The number of carbonyl (C=O) groups is 1. The predicted molar refractivity (Wildman–Crippen MR) is 71.3 cm³/mol. The van der Waals surface area contributed by atoms with Gasteiger partial charge in [-0.1, -0.05) is 17.7 Å². The number of aromatic nitrogens is 2. The molecule has 0 radical (unpaired) electrons. The van der Waals surface area contributed by atoms with Gasteiger partial charge in [0.05, 0.1) is 7.11 Å². The zero-order valence-electron chi connectivity index (χ0n) is 10.3. The van der Waals surface area contributed by atoms with Gasteiger partial charge in [0.15, 0.2) is 0 Å². The molecule has 2 aromatic rings. The standard InChI is InChI=1S/C12H10ClN3O4/c1-20-9-5-8(13)14-12(15-9)16-11(19)10-6(17)3-2-4-7(10)18/h2-5,17-18H,1H3,(H,14,15,16,19). The van der Waals surface area contributed by atoms with Crippen molar-refractivity contribution >= 4 is 23.5 Å². The summed E-state index contributed by atoms with van der Waals surface area (Å²) < 4.78 is 4.88. The highest BCUT2D eigenvalue weighted by Crippen LogP contribution is 2.27. The van der Waals surface area contributed by atoms with Gasteiger partial charge in [-0.25, -0.2) is 4.98 Å². The summed E-state index contributed by atoms with van der Waals surface area (Å²) in [6.07, 6.45) is 0. The fourth-order valence-electron chi connectivity index (χ4n) is 1.48. The lowest BCUT2D eigenvalue weighted by Crippen LogP contribution is -2.15. The summed E-state index contributed by atoms with van der Waals surface area (Å²) in [7, 11) is 1.39. The Kier molecular flexibility index (Phi) is 3.90. The van der Waals surface area contributed by atoms with Crippen molar-refractivity contribution in [3.63, 3.8) is 0 Å². The molecule has 8 heteroatoms. The number of phenols is 2. The van der Waals surface area contributed by atoms with Gasteiger partial charge in [-0.05, 0) is 12.1 Å². The summed E-state index contributed by atoms with van der Waals surface area (Å²) in [6, 6.07) is 5.32. The number of hydrogen-bond acceptors (Lipinski definition) is 6. The first-order valence-electron chi connectivity index (χ1n) is 5.42. The van der Waals surface area contributed by atoms with Crippen LogP contribution in [-0.2, 0) is 0 Å². The number of hydrogen-bond donors (Lipinski definition) is 3. The maximum Gasteiger partial charge on any atom is 0.265 e. The van der Waals surface area contributed by atoms with E-state index in [9.17, 15) is 15.0 Å². The Bertz CT molecular complexity index is 643. The number of ether oxygens (including phenoxy) is 1. The number of nitrogens with one attached hydrogen (secondary N) is 1. The fourth-order valence-corrected chi connectivity index (χ4v) is 1.66. The van der Waals surface area contributed by atoms with Crippen molar-refractivity contribution in [1.29, 1.82) is 0 Å². The molecule has 0 aliphatic heterocycles. The molecule has 104 valence electrons. The van der Waals surface area contributed by atoms with Crippen LogP contribution >= 0.6 is 11.6 Å². The number of rotatable bonds is 3. The molecule has 20 heavy (non-hydrogen) atoms. The van der Waals surface area contributed by atoms with Gasteiger partial charge in [0, 0.05) is 6.07 Å². The van der Waals surface area contributed by atoms with E-state index >= 15 is 0 Å². The molecular formula is C12H10ClN3O4. The van der Waals surface area contributed by atoms with Crippen LogP contribution in [0.1, 0.15) is 10.4 Å². The normalized spacial score (nSPS) is 10.1. The molecular weight excluding hydrogens is 286 g/mol. The Hall–Kier alpha value is -2.54. The van der Waals surface area contributed by atoms with Crippen LogP contribution < -0.4 is 10.1 Å². The SMILES string of the molecule is COc1cc(Cl)nc(NC(=O)c2c(O)cccc2O)n1. The summed E-state index contributed by atoms with van der Waals surface area (Å²) in [6.45, 7) is 0. The number of anilines is 1. The van der Waals surface area contributed by atoms with Gasteiger partial charge < -0.3 is 14.9 Å². The third-order valence-electron chi connectivity index (χ3n) is 2.35. The molecule has 0 aliphatic carbocycles. The van der Waals surface area contributed by atoms with E-state index in [2.05, 4.69) is 15.3 Å². The maximum absolute atomic E-state index is 12.0. The van der Waals surface area contributed by atoms with Crippen molar-refractivity contribution in [2.75, 3.05) is 12.4 Å². The second-order valence-corrected chi connectivity index (χ2v) is 4.07. The quantitative estimate of drug-likeness (QED) is 0.746. The van der Waals surface area contributed by atoms with Crippen LogP contribution in [0.5, 0.6) is 17.4 Å². The highest BCUT2D eigenvalue weighted by atomic mass is 35.5. The zero-order valence-corrected chi connectivity index (χ0v) is 11.0. The van der Waals surface area contributed by atoms with Crippen LogP contribution in [0.15, 0.2) is 24.3 Å². The Morgan fingerprint density at radius 1 is 1.30 bits per heavy atom. The van der Waals surface area contributed by atoms with Gasteiger partial charge in [-0.2, -0.15) is 4.98 Å². The maximum atomic E-state index is 12.0. The predicted octanol–water partition coefficient (Wildman–Crippen LogP) is 1.80. The molecule has 0 fully saturated rings. The molecule has 1 aromatic heterocycles. The van der Waals surface area contributed by atoms with Gasteiger partial charge in [0.25, 0.3) is 5.91 Å². The van der Waals surface area contributed by atoms with Crippen LogP contribution in [0.4, 0.5) is 5.95 Å². The third kappa shape index (κ3) is 2.89. The zero-order chi connectivity index (χ0) is 14.7. The lowest BCUT2D eigenvalue weighted by atomic mass is 10.1. The van der Waals surface area contributed by atoms with Crippen molar-refractivity contribution in [3.8, 4) is 17.4 Å². The highest BCUT2D eigenvalue weighted by molar-refractivity contribution is 6.29. The van der Waals surface area contributed by atoms with Gasteiger partial charge in [-0.3, -0.25) is 10.1 Å². The number of methoxy groups -OCH3 is 1. The van der Waals surface area contributed by atoms with Gasteiger partial charge >= 0.3 is 0 Å². The molecule has 0 atom stereocenters. The molecule has 0 saturated carbocycles. The molecule has 2 rings (SSSR count).